The number of carboxylic acids is 1. The quantitative estimate of drug-likeness (QED) is 0.787. The molecule has 4 heteroatoms. The highest BCUT2D eigenvalue weighted by atomic mass is 16.4. The van der Waals surface area contributed by atoms with Crippen LogP contribution in [0.15, 0.2) is 0 Å². The summed E-state index contributed by atoms with van der Waals surface area (Å²) in [5.74, 6) is -0.941. The number of hydrogen-bond acceptors (Lipinski definition) is 2. The molecule has 96 valence electrons. The van der Waals surface area contributed by atoms with Gasteiger partial charge in [-0.2, -0.15) is 0 Å². The van der Waals surface area contributed by atoms with Gasteiger partial charge in [0.05, 0.1) is 0 Å². The molecule has 4 nitrogen and oxygen atoms in total. The van der Waals surface area contributed by atoms with Crippen LogP contribution in [0.5, 0.6) is 0 Å². The van der Waals surface area contributed by atoms with Crippen molar-refractivity contribution in [3.05, 3.63) is 0 Å². The number of carbonyl (C=O) groups is 2. The monoisotopic (exact) mass is 239 g/mol. The number of nitrogens with one attached hydrogen (secondary N) is 1. The SMILES string of the molecule is CCC(C)(NC(=O)C1CC12CCCC2)C(=O)O. The van der Waals surface area contributed by atoms with Crippen molar-refractivity contribution in [2.45, 2.75) is 57.9 Å². The normalized spacial score (nSPS) is 28.7. The molecule has 2 aliphatic rings. The highest BCUT2D eigenvalue weighted by Crippen LogP contribution is 2.62. The molecule has 2 aliphatic carbocycles. The molecule has 0 bridgehead atoms. The number of carbonyl (C=O) groups excluding carboxylic acids is 1. The van der Waals surface area contributed by atoms with E-state index < -0.39 is 11.5 Å². The minimum atomic E-state index is -1.11. The molecule has 0 heterocycles. The molecule has 1 amide bonds. The third-order valence-corrected chi connectivity index (χ3v) is 4.68. The van der Waals surface area contributed by atoms with Gasteiger partial charge in [0.25, 0.3) is 0 Å². The Kier molecular flexibility index (Phi) is 2.92. The molecular formula is C13H21NO3. The average Bonchev–Trinajstić information content (AvgIpc) is 2.77. The van der Waals surface area contributed by atoms with Gasteiger partial charge in [0.15, 0.2) is 0 Å². The Morgan fingerprint density at radius 3 is 2.47 bits per heavy atom. The van der Waals surface area contributed by atoms with Crippen LogP contribution in [-0.4, -0.2) is 22.5 Å². The molecule has 0 aromatic rings. The Hall–Kier alpha value is -1.06. The molecule has 0 radical (unpaired) electrons. The number of hydrogen-bond donors (Lipinski definition) is 2. The van der Waals surface area contributed by atoms with Crippen LogP contribution >= 0.6 is 0 Å². The summed E-state index contributed by atoms with van der Waals surface area (Å²) in [6.45, 7) is 3.36. The first-order valence-electron chi connectivity index (χ1n) is 6.49. The third-order valence-electron chi connectivity index (χ3n) is 4.68. The minimum absolute atomic E-state index is 0.0568. The molecule has 2 saturated carbocycles. The Bertz CT molecular complexity index is 347. The van der Waals surface area contributed by atoms with Gasteiger partial charge in [0.2, 0.25) is 5.91 Å². The summed E-state index contributed by atoms with van der Waals surface area (Å²) in [5, 5.41) is 11.8. The van der Waals surface area contributed by atoms with Crippen LogP contribution in [0, 0.1) is 11.3 Å². The van der Waals surface area contributed by atoms with Crippen LogP contribution in [0.1, 0.15) is 52.4 Å². The predicted molar refractivity (Wildman–Crippen MR) is 63.5 cm³/mol. The zero-order valence-electron chi connectivity index (χ0n) is 10.6. The lowest BCUT2D eigenvalue weighted by atomic mass is 9.97. The fourth-order valence-corrected chi connectivity index (χ4v) is 3.00. The Morgan fingerprint density at radius 2 is 2.00 bits per heavy atom. The highest BCUT2D eigenvalue weighted by molar-refractivity contribution is 5.89. The van der Waals surface area contributed by atoms with Crippen molar-refractivity contribution in [2.75, 3.05) is 0 Å². The summed E-state index contributed by atoms with van der Waals surface area (Å²) in [5.41, 5.74) is -0.878. The van der Waals surface area contributed by atoms with Gasteiger partial charge in [-0.05, 0) is 38.0 Å². The van der Waals surface area contributed by atoms with Gasteiger partial charge in [0, 0.05) is 5.92 Å². The Morgan fingerprint density at radius 1 is 1.41 bits per heavy atom. The zero-order valence-corrected chi connectivity index (χ0v) is 10.6. The van der Waals surface area contributed by atoms with Crippen molar-refractivity contribution < 1.29 is 14.7 Å². The molecule has 0 saturated heterocycles. The smallest absolute Gasteiger partial charge is 0.329 e. The lowest BCUT2D eigenvalue weighted by molar-refractivity contribution is -0.147. The second-order valence-electron chi connectivity index (χ2n) is 5.81. The minimum Gasteiger partial charge on any atom is -0.480 e. The predicted octanol–water partition coefficient (Wildman–Crippen LogP) is 1.94. The van der Waals surface area contributed by atoms with E-state index in [1.165, 1.54) is 12.8 Å². The molecule has 2 atom stereocenters. The van der Waals surface area contributed by atoms with Gasteiger partial charge in [-0.3, -0.25) is 4.79 Å². The molecule has 0 aromatic carbocycles. The first kappa shape index (κ1) is 12.4. The number of carboxylic acid groups (broad SMARTS) is 1. The summed E-state index contributed by atoms with van der Waals surface area (Å²) in [6, 6.07) is 0. The van der Waals surface area contributed by atoms with Crippen molar-refractivity contribution in [1.29, 1.82) is 0 Å². The molecule has 2 fully saturated rings. The van der Waals surface area contributed by atoms with E-state index in [2.05, 4.69) is 5.32 Å². The van der Waals surface area contributed by atoms with E-state index in [0.717, 1.165) is 19.3 Å². The van der Waals surface area contributed by atoms with Crippen LogP contribution in [0.25, 0.3) is 0 Å². The molecule has 1 spiro atoms. The lowest BCUT2D eigenvalue weighted by Gasteiger charge is -2.25. The van der Waals surface area contributed by atoms with E-state index in [9.17, 15) is 9.59 Å². The average molecular weight is 239 g/mol. The number of rotatable bonds is 4. The van der Waals surface area contributed by atoms with Crippen LogP contribution < -0.4 is 5.32 Å². The van der Waals surface area contributed by atoms with E-state index >= 15 is 0 Å². The molecule has 2 unspecified atom stereocenters. The van der Waals surface area contributed by atoms with Crippen molar-refractivity contribution in [3.8, 4) is 0 Å². The molecule has 0 aromatic heterocycles. The first-order valence-corrected chi connectivity index (χ1v) is 6.49. The number of aliphatic carboxylic acids is 1. The summed E-state index contributed by atoms with van der Waals surface area (Å²) in [6.07, 6.45) is 6.08. The second-order valence-corrected chi connectivity index (χ2v) is 5.81. The van der Waals surface area contributed by atoms with Gasteiger partial charge in [-0.1, -0.05) is 19.8 Å². The summed E-state index contributed by atoms with van der Waals surface area (Å²) >= 11 is 0. The maximum absolute atomic E-state index is 12.1. The standard InChI is InChI=1S/C13H21NO3/c1-3-12(2,11(16)17)14-10(15)9-8-13(9)6-4-5-7-13/h9H,3-8H2,1-2H3,(H,14,15)(H,16,17). The fourth-order valence-electron chi connectivity index (χ4n) is 3.00. The molecular weight excluding hydrogens is 218 g/mol. The van der Waals surface area contributed by atoms with Crippen molar-refractivity contribution in [2.24, 2.45) is 11.3 Å². The van der Waals surface area contributed by atoms with Gasteiger partial charge in [0.1, 0.15) is 5.54 Å². The first-order chi connectivity index (χ1) is 7.93. The molecule has 0 aliphatic heterocycles. The van der Waals surface area contributed by atoms with E-state index in [1.54, 1.807) is 13.8 Å². The Balaban J connectivity index is 1.96. The Labute approximate surface area is 102 Å². The van der Waals surface area contributed by atoms with E-state index in [0.29, 0.717) is 6.42 Å². The number of amides is 1. The van der Waals surface area contributed by atoms with E-state index in [4.69, 9.17) is 5.11 Å². The van der Waals surface area contributed by atoms with Crippen LogP contribution in [0.3, 0.4) is 0 Å². The highest BCUT2D eigenvalue weighted by Gasteiger charge is 2.59. The molecule has 2 N–H and O–H groups in total. The van der Waals surface area contributed by atoms with Gasteiger partial charge >= 0.3 is 5.97 Å². The lowest BCUT2D eigenvalue weighted by Crippen LogP contribution is -2.52. The van der Waals surface area contributed by atoms with Gasteiger partial charge in [-0.25, -0.2) is 4.79 Å². The van der Waals surface area contributed by atoms with Gasteiger partial charge in [-0.15, -0.1) is 0 Å². The van der Waals surface area contributed by atoms with Crippen LogP contribution in [0.2, 0.25) is 0 Å². The molecule has 2 rings (SSSR count). The summed E-state index contributed by atoms with van der Waals surface area (Å²) in [7, 11) is 0. The molecule has 17 heavy (non-hydrogen) atoms. The van der Waals surface area contributed by atoms with Crippen LogP contribution in [0.4, 0.5) is 0 Å². The third kappa shape index (κ3) is 2.05. The van der Waals surface area contributed by atoms with Crippen molar-refractivity contribution in [3.63, 3.8) is 0 Å². The van der Waals surface area contributed by atoms with Crippen LogP contribution in [-0.2, 0) is 9.59 Å². The van der Waals surface area contributed by atoms with E-state index in [1.807, 2.05) is 0 Å². The maximum Gasteiger partial charge on any atom is 0.329 e. The maximum atomic E-state index is 12.1. The second kappa shape index (κ2) is 4.00. The largest absolute Gasteiger partial charge is 0.480 e. The van der Waals surface area contributed by atoms with Crippen molar-refractivity contribution in [1.82, 2.24) is 5.32 Å². The van der Waals surface area contributed by atoms with Crippen molar-refractivity contribution >= 4 is 11.9 Å². The zero-order chi connectivity index (χ0) is 12.7. The topological polar surface area (TPSA) is 66.4 Å². The fraction of sp³-hybridized carbons (Fsp3) is 0.846. The van der Waals surface area contributed by atoms with Gasteiger partial charge < -0.3 is 10.4 Å². The summed E-state index contributed by atoms with van der Waals surface area (Å²) in [4.78, 5) is 23.2. The summed E-state index contributed by atoms with van der Waals surface area (Å²) < 4.78 is 0. The van der Waals surface area contributed by atoms with E-state index in [-0.39, 0.29) is 17.2 Å².